The molecule has 4 nitrogen and oxygen atoms in total. The quantitative estimate of drug-likeness (QED) is 0.721. The second-order valence-electron chi connectivity index (χ2n) is 3.82. The third-order valence-electron chi connectivity index (χ3n) is 2.49. The van der Waals surface area contributed by atoms with Gasteiger partial charge in [-0.25, -0.2) is 0 Å². The maximum absolute atomic E-state index is 4.14. The van der Waals surface area contributed by atoms with Crippen LogP contribution in [0, 0.1) is 0 Å². The van der Waals surface area contributed by atoms with Crippen LogP contribution in [0.15, 0.2) is 30.7 Å². The van der Waals surface area contributed by atoms with Gasteiger partial charge in [-0.15, -0.1) is 5.10 Å². The standard InChI is InChI=1S/C12H16N4/c1-2-3-4-8-16-10-12(14-15-16)11-6-5-7-13-9-11/h5-7,9-10H,2-4,8H2,1H3. The number of hydrogen-bond acceptors (Lipinski definition) is 3. The first-order valence-electron chi connectivity index (χ1n) is 5.70. The molecule has 16 heavy (non-hydrogen) atoms. The Bertz CT molecular complexity index is 422. The molecule has 2 aromatic rings. The second-order valence-corrected chi connectivity index (χ2v) is 3.82. The molecular formula is C12H16N4. The predicted octanol–water partition coefficient (Wildman–Crippen LogP) is 2.53. The Balaban J connectivity index is 2.02. The van der Waals surface area contributed by atoms with Gasteiger partial charge in [0.2, 0.25) is 0 Å². The van der Waals surface area contributed by atoms with E-state index >= 15 is 0 Å². The number of aryl methyl sites for hydroxylation is 1. The highest BCUT2D eigenvalue weighted by Gasteiger charge is 2.02. The first-order chi connectivity index (χ1) is 7.90. The fraction of sp³-hybridized carbons (Fsp3) is 0.417. The van der Waals surface area contributed by atoms with E-state index in [1.165, 1.54) is 12.8 Å². The third-order valence-corrected chi connectivity index (χ3v) is 2.49. The summed E-state index contributed by atoms with van der Waals surface area (Å²) in [5, 5.41) is 8.24. The largest absolute Gasteiger partial charge is 0.264 e. The zero-order chi connectivity index (χ0) is 11.2. The molecule has 2 aromatic heterocycles. The van der Waals surface area contributed by atoms with Crippen LogP contribution in [0.4, 0.5) is 0 Å². The Morgan fingerprint density at radius 1 is 1.31 bits per heavy atom. The lowest BCUT2D eigenvalue weighted by molar-refractivity contribution is 0.537. The summed E-state index contributed by atoms with van der Waals surface area (Å²) in [5.74, 6) is 0. The van der Waals surface area contributed by atoms with E-state index in [-0.39, 0.29) is 0 Å². The van der Waals surface area contributed by atoms with Crippen molar-refractivity contribution in [3.8, 4) is 11.3 Å². The van der Waals surface area contributed by atoms with Crippen LogP contribution >= 0.6 is 0 Å². The van der Waals surface area contributed by atoms with Crippen molar-refractivity contribution in [3.05, 3.63) is 30.7 Å². The Kier molecular flexibility index (Phi) is 3.64. The molecule has 4 heteroatoms. The molecule has 0 radical (unpaired) electrons. The Morgan fingerprint density at radius 3 is 3.00 bits per heavy atom. The average Bonchev–Trinajstić information content (AvgIpc) is 2.79. The van der Waals surface area contributed by atoms with Crippen LogP contribution in [0.25, 0.3) is 11.3 Å². The highest BCUT2D eigenvalue weighted by Crippen LogP contribution is 2.13. The molecular weight excluding hydrogens is 200 g/mol. The van der Waals surface area contributed by atoms with Crippen molar-refractivity contribution in [2.45, 2.75) is 32.7 Å². The van der Waals surface area contributed by atoms with Crippen molar-refractivity contribution in [3.63, 3.8) is 0 Å². The van der Waals surface area contributed by atoms with E-state index in [9.17, 15) is 0 Å². The first-order valence-corrected chi connectivity index (χ1v) is 5.70. The lowest BCUT2D eigenvalue weighted by Crippen LogP contribution is -1.98. The normalized spacial score (nSPS) is 10.6. The van der Waals surface area contributed by atoms with Crippen molar-refractivity contribution < 1.29 is 0 Å². The van der Waals surface area contributed by atoms with Crippen LogP contribution in [0.5, 0.6) is 0 Å². The van der Waals surface area contributed by atoms with Crippen molar-refractivity contribution in [2.75, 3.05) is 0 Å². The summed E-state index contributed by atoms with van der Waals surface area (Å²) in [4.78, 5) is 4.07. The van der Waals surface area contributed by atoms with Crippen LogP contribution in [-0.2, 0) is 6.54 Å². The molecule has 0 aromatic carbocycles. The number of rotatable bonds is 5. The summed E-state index contributed by atoms with van der Waals surface area (Å²) in [6, 6.07) is 3.90. The zero-order valence-corrected chi connectivity index (χ0v) is 9.50. The molecule has 2 heterocycles. The van der Waals surface area contributed by atoms with E-state index in [0.29, 0.717) is 0 Å². The number of pyridine rings is 1. The zero-order valence-electron chi connectivity index (χ0n) is 9.50. The highest BCUT2D eigenvalue weighted by molar-refractivity contribution is 5.55. The van der Waals surface area contributed by atoms with Crippen LogP contribution < -0.4 is 0 Å². The van der Waals surface area contributed by atoms with Crippen molar-refractivity contribution in [1.82, 2.24) is 20.0 Å². The molecule has 0 bridgehead atoms. The minimum Gasteiger partial charge on any atom is -0.264 e. The SMILES string of the molecule is CCCCCn1cc(-c2cccnc2)nn1. The van der Waals surface area contributed by atoms with Gasteiger partial charge in [0, 0.05) is 24.5 Å². The molecule has 0 atom stereocenters. The topological polar surface area (TPSA) is 43.6 Å². The number of hydrogen-bond donors (Lipinski definition) is 0. The lowest BCUT2D eigenvalue weighted by Gasteiger charge is -1.97. The lowest BCUT2D eigenvalue weighted by atomic mass is 10.2. The summed E-state index contributed by atoms with van der Waals surface area (Å²) in [5.41, 5.74) is 1.91. The third kappa shape index (κ3) is 2.66. The van der Waals surface area contributed by atoms with E-state index in [1.807, 2.05) is 23.0 Å². The van der Waals surface area contributed by atoms with E-state index in [1.54, 1.807) is 12.4 Å². The smallest absolute Gasteiger partial charge is 0.114 e. The van der Waals surface area contributed by atoms with Crippen LogP contribution in [0.3, 0.4) is 0 Å². The van der Waals surface area contributed by atoms with Crippen LogP contribution in [0.1, 0.15) is 26.2 Å². The van der Waals surface area contributed by atoms with Gasteiger partial charge in [0.05, 0.1) is 6.20 Å². The summed E-state index contributed by atoms with van der Waals surface area (Å²) in [7, 11) is 0. The van der Waals surface area contributed by atoms with Crippen molar-refractivity contribution >= 4 is 0 Å². The molecule has 0 saturated carbocycles. The van der Waals surface area contributed by atoms with Gasteiger partial charge in [-0.1, -0.05) is 25.0 Å². The Hall–Kier alpha value is -1.71. The maximum Gasteiger partial charge on any atom is 0.114 e. The fourth-order valence-electron chi connectivity index (χ4n) is 1.58. The summed E-state index contributed by atoms with van der Waals surface area (Å²) in [6.07, 6.45) is 9.17. The van der Waals surface area contributed by atoms with Gasteiger partial charge in [0.25, 0.3) is 0 Å². The molecule has 0 N–H and O–H groups in total. The molecule has 0 amide bonds. The van der Waals surface area contributed by atoms with Crippen LogP contribution in [-0.4, -0.2) is 20.0 Å². The van der Waals surface area contributed by atoms with Gasteiger partial charge >= 0.3 is 0 Å². The molecule has 0 unspecified atom stereocenters. The highest BCUT2D eigenvalue weighted by atomic mass is 15.4. The second kappa shape index (κ2) is 5.39. The summed E-state index contributed by atoms with van der Waals surface area (Å²) in [6.45, 7) is 3.14. The van der Waals surface area contributed by atoms with Gasteiger partial charge in [0.15, 0.2) is 0 Å². The summed E-state index contributed by atoms with van der Waals surface area (Å²) >= 11 is 0. The van der Waals surface area contributed by atoms with Gasteiger partial charge in [0.1, 0.15) is 5.69 Å². The van der Waals surface area contributed by atoms with Gasteiger partial charge < -0.3 is 0 Å². The van der Waals surface area contributed by atoms with Crippen molar-refractivity contribution in [2.24, 2.45) is 0 Å². The van der Waals surface area contributed by atoms with Gasteiger partial charge in [-0.2, -0.15) is 0 Å². The first kappa shape index (κ1) is 10.8. The molecule has 0 aliphatic rings. The van der Waals surface area contributed by atoms with Crippen molar-refractivity contribution in [1.29, 1.82) is 0 Å². The Labute approximate surface area is 95.3 Å². The van der Waals surface area contributed by atoms with Gasteiger partial charge in [-0.05, 0) is 18.6 Å². The molecule has 84 valence electrons. The van der Waals surface area contributed by atoms with E-state index in [2.05, 4.69) is 22.2 Å². The fourth-order valence-corrected chi connectivity index (χ4v) is 1.58. The molecule has 0 saturated heterocycles. The number of unbranched alkanes of at least 4 members (excludes halogenated alkanes) is 2. The van der Waals surface area contributed by atoms with Crippen LogP contribution in [0.2, 0.25) is 0 Å². The number of aromatic nitrogens is 4. The molecule has 2 rings (SSSR count). The minimum atomic E-state index is 0.893. The van der Waals surface area contributed by atoms with Gasteiger partial charge in [-0.3, -0.25) is 9.67 Å². The predicted molar refractivity (Wildman–Crippen MR) is 62.8 cm³/mol. The van der Waals surface area contributed by atoms with E-state index in [0.717, 1.165) is 24.2 Å². The average molecular weight is 216 g/mol. The van der Waals surface area contributed by atoms with E-state index < -0.39 is 0 Å². The minimum absolute atomic E-state index is 0.893. The molecule has 0 aliphatic heterocycles. The summed E-state index contributed by atoms with van der Waals surface area (Å²) < 4.78 is 1.90. The molecule has 0 aliphatic carbocycles. The maximum atomic E-state index is 4.14. The number of nitrogens with zero attached hydrogens (tertiary/aromatic N) is 4. The molecule has 0 spiro atoms. The molecule has 0 fully saturated rings. The van der Waals surface area contributed by atoms with E-state index in [4.69, 9.17) is 0 Å². The monoisotopic (exact) mass is 216 g/mol. The Morgan fingerprint density at radius 2 is 2.25 bits per heavy atom.